The molecule has 1 unspecified atom stereocenters. The SMILES string of the molecule is COC(=O)C(C)CSCC(=O)Nc1cccc(C)c1C. The highest BCUT2D eigenvalue weighted by Crippen LogP contribution is 2.18. The molecule has 0 saturated carbocycles. The number of methoxy groups -OCH3 is 1. The number of thioether (sulfide) groups is 1. The molecule has 0 spiro atoms. The van der Waals surface area contributed by atoms with Gasteiger partial charge in [0.15, 0.2) is 0 Å². The van der Waals surface area contributed by atoms with E-state index in [1.807, 2.05) is 32.0 Å². The molecule has 1 atom stereocenters. The molecular weight excluding hydrogens is 274 g/mol. The van der Waals surface area contributed by atoms with Gasteiger partial charge in [0.05, 0.1) is 18.8 Å². The summed E-state index contributed by atoms with van der Waals surface area (Å²) in [7, 11) is 1.37. The molecule has 0 aliphatic heterocycles. The highest BCUT2D eigenvalue weighted by Gasteiger charge is 2.14. The van der Waals surface area contributed by atoms with Gasteiger partial charge in [-0.2, -0.15) is 11.8 Å². The van der Waals surface area contributed by atoms with Crippen LogP contribution >= 0.6 is 11.8 Å². The number of benzene rings is 1. The molecule has 0 bridgehead atoms. The predicted molar refractivity (Wildman–Crippen MR) is 83.1 cm³/mol. The Morgan fingerprint density at radius 1 is 1.35 bits per heavy atom. The van der Waals surface area contributed by atoms with Crippen LogP contribution in [0.3, 0.4) is 0 Å². The topological polar surface area (TPSA) is 55.4 Å². The second kappa shape index (κ2) is 7.94. The highest BCUT2D eigenvalue weighted by molar-refractivity contribution is 8.00. The van der Waals surface area contributed by atoms with Crippen molar-refractivity contribution in [3.8, 4) is 0 Å². The number of carbonyl (C=O) groups is 2. The van der Waals surface area contributed by atoms with Gasteiger partial charge >= 0.3 is 5.97 Å². The van der Waals surface area contributed by atoms with Gasteiger partial charge in [-0.05, 0) is 31.0 Å². The van der Waals surface area contributed by atoms with Gasteiger partial charge in [-0.1, -0.05) is 19.1 Å². The molecule has 0 aromatic heterocycles. The van der Waals surface area contributed by atoms with Gasteiger partial charge in [0.25, 0.3) is 0 Å². The number of rotatable bonds is 6. The van der Waals surface area contributed by atoms with Crippen molar-refractivity contribution in [1.82, 2.24) is 0 Å². The smallest absolute Gasteiger partial charge is 0.309 e. The molecule has 4 nitrogen and oxygen atoms in total. The molecule has 110 valence electrons. The van der Waals surface area contributed by atoms with E-state index < -0.39 is 0 Å². The first-order valence-electron chi connectivity index (χ1n) is 6.47. The molecule has 1 amide bonds. The molecule has 1 aromatic rings. The van der Waals surface area contributed by atoms with E-state index in [0.29, 0.717) is 11.5 Å². The molecule has 0 fully saturated rings. The van der Waals surface area contributed by atoms with Crippen LogP contribution in [0.5, 0.6) is 0 Å². The number of anilines is 1. The van der Waals surface area contributed by atoms with Crippen LogP contribution in [-0.4, -0.2) is 30.5 Å². The van der Waals surface area contributed by atoms with Crippen LogP contribution in [0.4, 0.5) is 5.69 Å². The number of esters is 1. The third-order valence-corrected chi connectivity index (χ3v) is 4.29. The van der Waals surface area contributed by atoms with Crippen LogP contribution < -0.4 is 5.32 Å². The Morgan fingerprint density at radius 2 is 2.05 bits per heavy atom. The predicted octanol–water partition coefficient (Wildman–Crippen LogP) is 2.78. The van der Waals surface area contributed by atoms with Crippen molar-refractivity contribution in [2.24, 2.45) is 5.92 Å². The monoisotopic (exact) mass is 295 g/mol. The van der Waals surface area contributed by atoms with Crippen molar-refractivity contribution in [2.45, 2.75) is 20.8 Å². The third-order valence-electron chi connectivity index (χ3n) is 3.08. The largest absolute Gasteiger partial charge is 0.469 e. The maximum atomic E-state index is 11.8. The average molecular weight is 295 g/mol. The first kappa shape index (κ1) is 16.6. The normalized spacial score (nSPS) is 11.8. The summed E-state index contributed by atoms with van der Waals surface area (Å²) in [6.45, 7) is 5.79. The summed E-state index contributed by atoms with van der Waals surface area (Å²) < 4.78 is 4.64. The number of carbonyl (C=O) groups excluding carboxylic acids is 2. The molecule has 1 rings (SSSR count). The Morgan fingerprint density at radius 3 is 2.70 bits per heavy atom. The van der Waals surface area contributed by atoms with Gasteiger partial charge in [-0.3, -0.25) is 9.59 Å². The summed E-state index contributed by atoms with van der Waals surface area (Å²) in [5, 5.41) is 2.89. The van der Waals surface area contributed by atoms with E-state index in [2.05, 4.69) is 10.1 Å². The van der Waals surface area contributed by atoms with E-state index in [1.165, 1.54) is 18.9 Å². The van der Waals surface area contributed by atoms with Crippen LogP contribution in [0.1, 0.15) is 18.1 Å². The lowest BCUT2D eigenvalue weighted by Gasteiger charge is -2.11. The van der Waals surface area contributed by atoms with E-state index in [1.54, 1.807) is 6.92 Å². The van der Waals surface area contributed by atoms with Gasteiger partial charge in [0, 0.05) is 11.4 Å². The lowest BCUT2D eigenvalue weighted by atomic mass is 10.1. The number of ether oxygens (including phenoxy) is 1. The molecule has 20 heavy (non-hydrogen) atoms. The van der Waals surface area contributed by atoms with E-state index in [9.17, 15) is 9.59 Å². The molecule has 0 saturated heterocycles. The van der Waals surface area contributed by atoms with Gasteiger partial charge in [0.2, 0.25) is 5.91 Å². The fourth-order valence-corrected chi connectivity index (χ4v) is 2.54. The summed E-state index contributed by atoms with van der Waals surface area (Å²) in [5.41, 5.74) is 3.07. The van der Waals surface area contributed by atoms with Crippen molar-refractivity contribution >= 4 is 29.3 Å². The molecule has 0 aliphatic rings. The quantitative estimate of drug-likeness (QED) is 0.820. The van der Waals surface area contributed by atoms with Gasteiger partial charge < -0.3 is 10.1 Å². The molecular formula is C15H21NO3S. The molecule has 1 aromatic carbocycles. The molecule has 0 radical (unpaired) electrons. The zero-order chi connectivity index (χ0) is 15.1. The fourth-order valence-electron chi connectivity index (χ4n) is 1.67. The second-order valence-electron chi connectivity index (χ2n) is 4.73. The Balaban J connectivity index is 2.41. The van der Waals surface area contributed by atoms with Gasteiger partial charge in [-0.15, -0.1) is 0 Å². The van der Waals surface area contributed by atoms with Crippen molar-refractivity contribution < 1.29 is 14.3 Å². The maximum absolute atomic E-state index is 11.8. The molecule has 0 aliphatic carbocycles. The summed E-state index contributed by atoms with van der Waals surface area (Å²) in [5.74, 6) is 0.411. The first-order chi connectivity index (χ1) is 9.45. The Hall–Kier alpha value is -1.49. The minimum atomic E-state index is -0.243. The van der Waals surface area contributed by atoms with Crippen LogP contribution in [0.25, 0.3) is 0 Å². The Kier molecular flexibility index (Phi) is 6.58. The number of nitrogens with one attached hydrogen (secondary N) is 1. The van der Waals surface area contributed by atoms with Crippen molar-refractivity contribution in [2.75, 3.05) is 23.9 Å². The number of aryl methyl sites for hydroxylation is 1. The molecule has 1 N–H and O–H groups in total. The fraction of sp³-hybridized carbons (Fsp3) is 0.467. The molecule has 5 heteroatoms. The standard InChI is InChI=1S/C15H21NO3S/c1-10-6-5-7-13(12(10)3)16-14(17)9-20-8-11(2)15(18)19-4/h5-7,11H,8-9H2,1-4H3,(H,16,17). The summed E-state index contributed by atoms with van der Waals surface area (Å²) in [6, 6.07) is 5.82. The van der Waals surface area contributed by atoms with Crippen LogP contribution in [0.2, 0.25) is 0 Å². The zero-order valence-electron chi connectivity index (χ0n) is 12.4. The average Bonchev–Trinajstić information content (AvgIpc) is 2.42. The minimum Gasteiger partial charge on any atom is -0.469 e. The van der Waals surface area contributed by atoms with E-state index in [4.69, 9.17) is 0 Å². The Labute approximate surface area is 124 Å². The first-order valence-corrected chi connectivity index (χ1v) is 7.62. The van der Waals surface area contributed by atoms with Gasteiger partial charge in [0.1, 0.15) is 0 Å². The number of hydrogen-bond donors (Lipinski definition) is 1. The maximum Gasteiger partial charge on any atom is 0.309 e. The number of amides is 1. The lowest BCUT2D eigenvalue weighted by Crippen LogP contribution is -2.18. The molecule has 0 heterocycles. The summed E-state index contributed by atoms with van der Waals surface area (Å²) in [6.07, 6.45) is 0. The van der Waals surface area contributed by atoms with Crippen LogP contribution in [0, 0.1) is 19.8 Å². The van der Waals surface area contributed by atoms with Crippen molar-refractivity contribution in [3.05, 3.63) is 29.3 Å². The van der Waals surface area contributed by atoms with E-state index in [0.717, 1.165) is 16.8 Å². The lowest BCUT2D eigenvalue weighted by molar-refractivity contribution is -0.144. The Bertz CT molecular complexity index is 488. The second-order valence-corrected chi connectivity index (χ2v) is 5.77. The zero-order valence-corrected chi connectivity index (χ0v) is 13.2. The third kappa shape index (κ3) is 4.89. The van der Waals surface area contributed by atoms with Crippen LogP contribution in [-0.2, 0) is 14.3 Å². The number of hydrogen-bond acceptors (Lipinski definition) is 4. The van der Waals surface area contributed by atoms with E-state index in [-0.39, 0.29) is 17.8 Å². The summed E-state index contributed by atoms with van der Waals surface area (Å²) >= 11 is 1.43. The van der Waals surface area contributed by atoms with Crippen molar-refractivity contribution in [3.63, 3.8) is 0 Å². The van der Waals surface area contributed by atoms with Crippen LogP contribution in [0.15, 0.2) is 18.2 Å². The van der Waals surface area contributed by atoms with Crippen molar-refractivity contribution in [1.29, 1.82) is 0 Å². The minimum absolute atomic E-state index is 0.0548. The van der Waals surface area contributed by atoms with E-state index >= 15 is 0 Å². The summed E-state index contributed by atoms with van der Waals surface area (Å²) in [4.78, 5) is 23.1. The highest BCUT2D eigenvalue weighted by atomic mass is 32.2. The van der Waals surface area contributed by atoms with Gasteiger partial charge in [-0.25, -0.2) is 0 Å².